The highest BCUT2D eigenvalue weighted by atomic mass is 15.3. The predicted molar refractivity (Wildman–Crippen MR) is 81.9 cm³/mol. The summed E-state index contributed by atoms with van der Waals surface area (Å²) in [5.41, 5.74) is 8.35. The first-order valence-corrected chi connectivity index (χ1v) is 7.02. The maximum absolute atomic E-state index is 7.78. The van der Waals surface area contributed by atoms with Crippen LogP contribution in [0.3, 0.4) is 0 Å². The van der Waals surface area contributed by atoms with Crippen molar-refractivity contribution in [2.24, 2.45) is 5.73 Å². The van der Waals surface area contributed by atoms with Crippen LogP contribution in [0, 0.1) is 5.41 Å². The highest BCUT2D eigenvalue weighted by molar-refractivity contribution is 6.07. The maximum Gasteiger partial charge on any atom is 0.154 e. The molecule has 0 amide bonds. The molecular formula is C16H15N5. The molecule has 0 bridgehead atoms. The molecule has 1 aliphatic carbocycles. The first-order valence-electron chi connectivity index (χ1n) is 7.02. The van der Waals surface area contributed by atoms with E-state index >= 15 is 0 Å². The second kappa shape index (κ2) is 4.41. The van der Waals surface area contributed by atoms with Crippen LogP contribution in [0.5, 0.6) is 0 Å². The molecular weight excluding hydrogens is 262 g/mol. The topological polar surface area (TPSA) is 80.6 Å². The largest absolute Gasteiger partial charge is 0.384 e. The summed E-state index contributed by atoms with van der Waals surface area (Å²) in [6.07, 6.45) is 4.37. The van der Waals surface area contributed by atoms with Crippen LogP contribution in [-0.2, 0) is 0 Å². The van der Waals surface area contributed by atoms with Gasteiger partial charge < -0.3 is 5.73 Å². The minimum atomic E-state index is 0.0458. The molecule has 0 spiro atoms. The average molecular weight is 277 g/mol. The van der Waals surface area contributed by atoms with Crippen LogP contribution in [0.25, 0.3) is 16.7 Å². The van der Waals surface area contributed by atoms with Gasteiger partial charge in [-0.05, 0) is 31.0 Å². The Morgan fingerprint density at radius 2 is 2.05 bits per heavy atom. The lowest BCUT2D eigenvalue weighted by molar-refractivity contribution is 0.816. The van der Waals surface area contributed by atoms with Gasteiger partial charge in [0.25, 0.3) is 0 Å². The van der Waals surface area contributed by atoms with Crippen LogP contribution >= 0.6 is 0 Å². The fraction of sp³-hybridized carbons (Fsp3) is 0.188. The molecule has 0 aliphatic heterocycles. The number of nitrogen functional groups attached to an aromatic ring is 1. The highest BCUT2D eigenvalue weighted by Crippen LogP contribution is 2.39. The fourth-order valence-corrected chi connectivity index (χ4v) is 2.56. The number of nitrogens with two attached hydrogens (primary N) is 1. The van der Waals surface area contributed by atoms with E-state index in [4.69, 9.17) is 11.1 Å². The molecule has 1 aromatic carbocycles. The summed E-state index contributed by atoms with van der Waals surface area (Å²) in [7, 11) is 0. The van der Waals surface area contributed by atoms with E-state index in [1.54, 1.807) is 4.68 Å². The van der Waals surface area contributed by atoms with Crippen molar-refractivity contribution < 1.29 is 0 Å². The van der Waals surface area contributed by atoms with E-state index in [1.165, 1.54) is 12.8 Å². The van der Waals surface area contributed by atoms with Crippen molar-refractivity contribution in [2.45, 2.75) is 18.8 Å². The SMILES string of the molecule is N=C(N)c1cc(-n2ccc(C3CC3)n2)nc2ccccc12. The summed E-state index contributed by atoms with van der Waals surface area (Å²) >= 11 is 0. The number of aromatic nitrogens is 3. The van der Waals surface area contributed by atoms with Gasteiger partial charge in [-0.1, -0.05) is 18.2 Å². The molecule has 5 nitrogen and oxygen atoms in total. The molecule has 1 fully saturated rings. The Labute approximate surface area is 121 Å². The molecule has 0 atom stereocenters. The lowest BCUT2D eigenvalue weighted by Crippen LogP contribution is -2.13. The van der Waals surface area contributed by atoms with Crippen molar-refractivity contribution >= 4 is 16.7 Å². The van der Waals surface area contributed by atoms with Gasteiger partial charge in [0.15, 0.2) is 5.82 Å². The third-order valence-electron chi connectivity index (χ3n) is 3.83. The number of hydrogen-bond donors (Lipinski definition) is 2. The molecule has 0 radical (unpaired) electrons. The van der Waals surface area contributed by atoms with Crippen molar-refractivity contribution in [1.82, 2.24) is 14.8 Å². The molecule has 5 heteroatoms. The number of para-hydroxylation sites is 1. The number of fused-ring (bicyclic) bond motifs is 1. The monoisotopic (exact) mass is 277 g/mol. The first-order chi connectivity index (χ1) is 10.2. The molecule has 2 aromatic heterocycles. The third-order valence-corrected chi connectivity index (χ3v) is 3.83. The van der Waals surface area contributed by atoms with Gasteiger partial charge in [0.05, 0.1) is 11.2 Å². The molecule has 104 valence electrons. The van der Waals surface area contributed by atoms with Crippen molar-refractivity contribution in [3.05, 3.63) is 53.9 Å². The Hall–Kier alpha value is -2.69. The van der Waals surface area contributed by atoms with Crippen molar-refractivity contribution in [3.63, 3.8) is 0 Å². The smallest absolute Gasteiger partial charge is 0.154 e. The fourth-order valence-electron chi connectivity index (χ4n) is 2.56. The highest BCUT2D eigenvalue weighted by Gasteiger charge is 2.26. The third kappa shape index (κ3) is 2.07. The van der Waals surface area contributed by atoms with E-state index in [0.29, 0.717) is 17.3 Å². The Bertz CT molecular complexity index is 845. The van der Waals surface area contributed by atoms with E-state index < -0.39 is 0 Å². The van der Waals surface area contributed by atoms with Crippen LogP contribution in [0.1, 0.15) is 30.0 Å². The predicted octanol–water partition coefficient (Wildman–Crippen LogP) is 2.58. The Morgan fingerprint density at radius 1 is 1.24 bits per heavy atom. The zero-order chi connectivity index (χ0) is 14.4. The van der Waals surface area contributed by atoms with E-state index in [9.17, 15) is 0 Å². The number of nitrogens with one attached hydrogen (secondary N) is 1. The average Bonchev–Trinajstić information content (AvgIpc) is 3.23. The molecule has 0 unspecified atom stereocenters. The Morgan fingerprint density at radius 3 is 2.81 bits per heavy atom. The molecule has 1 aliphatic rings. The summed E-state index contributed by atoms with van der Waals surface area (Å²) in [4.78, 5) is 4.63. The normalized spacial score (nSPS) is 14.5. The van der Waals surface area contributed by atoms with Crippen LogP contribution in [0.4, 0.5) is 0 Å². The van der Waals surface area contributed by atoms with Crippen molar-refractivity contribution in [2.75, 3.05) is 0 Å². The van der Waals surface area contributed by atoms with Gasteiger partial charge in [0.2, 0.25) is 0 Å². The Balaban J connectivity index is 1.89. The first kappa shape index (κ1) is 12.1. The van der Waals surface area contributed by atoms with Gasteiger partial charge in [-0.15, -0.1) is 0 Å². The minimum Gasteiger partial charge on any atom is -0.384 e. The molecule has 0 saturated heterocycles. The number of rotatable bonds is 3. The van der Waals surface area contributed by atoms with Gasteiger partial charge in [-0.2, -0.15) is 5.10 Å². The molecule has 4 rings (SSSR count). The summed E-state index contributed by atoms with van der Waals surface area (Å²) in [6, 6.07) is 11.6. The van der Waals surface area contributed by atoms with Gasteiger partial charge in [-0.3, -0.25) is 5.41 Å². The van der Waals surface area contributed by atoms with E-state index in [0.717, 1.165) is 16.6 Å². The zero-order valence-electron chi connectivity index (χ0n) is 11.5. The van der Waals surface area contributed by atoms with E-state index in [-0.39, 0.29) is 5.84 Å². The van der Waals surface area contributed by atoms with Gasteiger partial charge in [0, 0.05) is 23.1 Å². The van der Waals surface area contributed by atoms with E-state index in [2.05, 4.69) is 10.1 Å². The summed E-state index contributed by atoms with van der Waals surface area (Å²) in [5.74, 6) is 1.36. The van der Waals surface area contributed by atoms with Crippen molar-refractivity contribution in [1.29, 1.82) is 5.41 Å². The summed E-state index contributed by atoms with van der Waals surface area (Å²) in [6.45, 7) is 0. The van der Waals surface area contributed by atoms with Gasteiger partial charge >= 0.3 is 0 Å². The number of benzene rings is 1. The molecule has 1 saturated carbocycles. The number of nitrogens with zero attached hydrogens (tertiary/aromatic N) is 3. The number of hydrogen-bond acceptors (Lipinski definition) is 3. The second-order valence-corrected chi connectivity index (χ2v) is 5.42. The second-order valence-electron chi connectivity index (χ2n) is 5.42. The lowest BCUT2D eigenvalue weighted by Gasteiger charge is -2.08. The number of amidine groups is 1. The maximum atomic E-state index is 7.78. The van der Waals surface area contributed by atoms with Crippen LogP contribution in [0.15, 0.2) is 42.6 Å². The summed E-state index contributed by atoms with van der Waals surface area (Å²) in [5, 5.41) is 13.3. The lowest BCUT2D eigenvalue weighted by atomic mass is 10.1. The number of pyridine rings is 1. The van der Waals surface area contributed by atoms with Gasteiger partial charge in [-0.25, -0.2) is 9.67 Å². The van der Waals surface area contributed by atoms with E-state index in [1.807, 2.05) is 42.6 Å². The quantitative estimate of drug-likeness (QED) is 0.570. The van der Waals surface area contributed by atoms with Crippen LogP contribution in [-0.4, -0.2) is 20.6 Å². The van der Waals surface area contributed by atoms with Crippen LogP contribution in [0.2, 0.25) is 0 Å². The molecule has 3 aromatic rings. The summed E-state index contributed by atoms with van der Waals surface area (Å²) < 4.78 is 1.77. The standard InChI is InChI=1S/C16H15N5/c17-16(18)12-9-15(19-14-4-2-1-3-11(12)14)21-8-7-13(20-21)10-5-6-10/h1-4,7-10H,5-6H2,(H3,17,18). The molecule has 21 heavy (non-hydrogen) atoms. The van der Waals surface area contributed by atoms with Crippen molar-refractivity contribution in [3.8, 4) is 5.82 Å². The Kier molecular flexibility index (Phi) is 2.54. The van der Waals surface area contributed by atoms with Crippen LogP contribution < -0.4 is 5.73 Å². The minimum absolute atomic E-state index is 0.0458. The zero-order valence-corrected chi connectivity index (χ0v) is 11.5. The molecule has 2 heterocycles. The van der Waals surface area contributed by atoms with Gasteiger partial charge in [0.1, 0.15) is 5.84 Å². The molecule has 3 N–H and O–H groups in total.